The zero-order chi connectivity index (χ0) is 14.2. The van der Waals surface area contributed by atoms with Gasteiger partial charge in [0.25, 0.3) is 5.69 Å². The van der Waals surface area contributed by atoms with Crippen LogP contribution in [0.5, 0.6) is 0 Å². The van der Waals surface area contributed by atoms with Crippen molar-refractivity contribution in [2.45, 2.75) is 12.5 Å². The van der Waals surface area contributed by atoms with Crippen LogP contribution in [0.25, 0.3) is 10.9 Å². The van der Waals surface area contributed by atoms with E-state index in [9.17, 15) is 14.9 Å². The summed E-state index contributed by atoms with van der Waals surface area (Å²) in [4.78, 5) is 24.1. The number of aromatic amines is 1. The van der Waals surface area contributed by atoms with Crippen molar-refractivity contribution in [3.8, 4) is 0 Å². The molecule has 0 saturated carbocycles. The number of hydrogen-bond donors (Lipinski definition) is 3. The summed E-state index contributed by atoms with van der Waals surface area (Å²) in [6, 6.07) is 1.89. The molecule has 0 bridgehead atoms. The van der Waals surface area contributed by atoms with Crippen molar-refractivity contribution in [2.24, 2.45) is 5.73 Å². The van der Waals surface area contributed by atoms with Crippen molar-refractivity contribution < 1.29 is 14.8 Å². The molecule has 100 valence electrons. The van der Waals surface area contributed by atoms with Crippen LogP contribution in [0.4, 0.5) is 5.69 Å². The van der Waals surface area contributed by atoms with Crippen LogP contribution in [-0.4, -0.2) is 27.0 Å². The largest absolute Gasteiger partial charge is 0.480 e. The lowest BCUT2D eigenvalue weighted by Crippen LogP contribution is -2.32. The minimum absolute atomic E-state index is 0.00208. The molecule has 1 heterocycles. The van der Waals surface area contributed by atoms with Crippen LogP contribution in [0.1, 0.15) is 5.56 Å². The second kappa shape index (κ2) is 4.87. The Labute approximate surface area is 112 Å². The van der Waals surface area contributed by atoms with Crippen LogP contribution < -0.4 is 5.73 Å². The molecule has 2 rings (SSSR count). The number of aromatic nitrogens is 1. The van der Waals surface area contributed by atoms with E-state index in [1.54, 1.807) is 6.07 Å². The maximum atomic E-state index is 11.1. The third-order valence-corrected chi connectivity index (χ3v) is 3.10. The van der Waals surface area contributed by atoms with Crippen molar-refractivity contribution in [3.05, 3.63) is 39.0 Å². The first kappa shape index (κ1) is 13.3. The van der Waals surface area contributed by atoms with Gasteiger partial charge in [0.15, 0.2) is 0 Å². The molecule has 1 aromatic carbocycles. The average Bonchev–Trinajstić information content (AvgIpc) is 2.71. The molecule has 0 fully saturated rings. The van der Waals surface area contributed by atoms with Gasteiger partial charge in [0.1, 0.15) is 11.1 Å². The molecule has 0 aliphatic carbocycles. The van der Waals surface area contributed by atoms with Gasteiger partial charge in [-0.25, -0.2) is 0 Å². The normalized spacial score (nSPS) is 12.5. The summed E-state index contributed by atoms with van der Waals surface area (Å²) in [7, 11) is 0. The molecule has 19 heavy (non-hydrogen) atoms. The summed E-state index contributed by atoms with van der Waals surface area (Å²) in [5, 5.41) is 20.2. The van der Waals surface area contributed by atoms with Gasteiger partial charge in [-0.3, -0.25) is 14.9 Å². The topological polar surface area (TPSA) is 122 Å². The van der Waals surface area contributed by atoms with E-state index >= 15 is 0 Å². The maximum absolute atomic E-state index is 11.1. The molecule has 0 spiro atoms. The van der Waals surface area contributed by atoms with E-state index in [4.69, 9.17) is 22.4 Å². The Bertz CT molecular complexity index is 667. The predicted molar refractivity (Wildman–Crippen MR) is 69.3 cm³/mol. The van der Waals surface area contributed by atoms with Gasteiger partial charge < -0.3 is 15.8 Å². The number of benzene rings is 1. The first-order valence-electron chi connectivity index (χ1n) is 5.33. The predicted octanol–water partition coefficient (Wildman–Crippen LogP) is 1.68. The standard InChI is InChI=1S/C11H10ClN3O4/c12-6-1-2-8-9(10(6)15(18)19)5(4-14-8)3-7(13)11(16)17/h1-2,4,7,14H,3,13H2,(H,16,17). The number of nitrogens with zero attached hydrogens (tertiary/aromatic N) is 1. The van der Waals surface area contributed by atoms with Crippen LogP contribution in [0.15, 0.2) is 18.3 Å². The zero-order valence-corrected chi connectivity index (χ0v) is 10.3. The number of nitrogens with one attached hydrogen (secondary N) is 1. The van der Waals surface area contributed by atoms with Crippen molar-refractivity contribution in [1.29, 1.82) is 0 Å². The van der Waals surface area contributed by atoms with Crippen LogP contribution in [0.3, 0.4) is 0 Å². The van der Waals surface area contributed by atoms with Gasteiger partial charge >= 0.3 is 5.97 Å². The Morgan fingerprint density at radius 3 is 2.84 bits per heavy atom. The van der Waals surface area contributed by atoms with E-state index < -0.39 is 16.9 Å². The van der Waals surface area contributed by atoms with E-state index in [0.717, 1.165) is 0 Å². The van der Waals surface area contributed by atoms with Crippen LogP contribution in [0.2, 0.25) is 5.02 Å². The molecule has 7 nitrogen and oxygen atoms in total. The van der Waals surface area contributed by atoms with Gasteiger partial charge in [0.05, 0.1) is 15.8 Å². The number of H-pyrrole nitrogens is 1. The highest BCUT2D eigenvalue weighted by Gasteiger charge is 2.23. The van der Waals surface area contributed by atoms with E-state index in [0.29, 0.717) is 16.5 Å². The molecular weight excluding hydrogens is 274 g/mol. The number of carbonyl (C=O) groups is 1. The number of fused-ring (bicyclic) bond motifs is 1. The summed E-state index contributed by atoms with van der Waals surface area (Å²) >= 11 is 5.82. The number of nitro benzene ring substituents is 1. The Balaban J connectivity index is 2.60. The number of hydrogen-bond acceptors (Lipinski definition) is 4. The fourth-order valence-electron chi connectivity index (χ4n) is 1.91. The van der Waals surface area contributed by atoms with E-state index in [1.165, 1.54) is 12.3 Å². The van der Waals surface area contributed by atoms with Crippen molar-refractivity contribution >= 4 is 34.2 Å². The summed E-state index contributed by atoms with van der Waals surface area (Å²) < 4.78 is 0. The summed E-state index contributed by atoms with van der Waals surface area (Å²) in [5.41, 5.74) is 6.18. The summed E-state index contributed by atoms with van der Waals surface area (Å²) in [6.07, 6.45) is 1.49. The third kappa shape index (κ3) is 2.38. The van der Waals surface area contributed by atoms with Gasteiger partial charge in [-0.1, -0.05) is 11.6 Å². The maximum Gasteiger partial charge on any atom is 0.320 e. The fraction of sp³-hybridized carbons (Fsp3) is 0.182. The minimum Gasteiger partial charge on any atom is -0.480 e. The van der Waals surface area contributed by atoms with Gasteiger partial charge in [-0.15, -0.1) is 0 Å². The molecular formula is C11H10ClN3O4. The number of nitro groups is 1. The molecule has 0 radical (unpaired) electrons. The molecule has 0 aliphatic rings. The van der Waals surface area contributed by atoms with Gasteiger partial charge in [0, 0.05) is 12.6 Å². The Morgan fingerprint density at radius 1 is 1.58 bits per heavy atom. The highest BCUT2D eigenvalue weighted by Crippen LogP contribution is 2.35. The number of aliphatic carboxylic acids is 1. The van der Waals surface area contributed by atoms with Crippen molar-refractivity contribution in [1.82, 2.24) is 4.98 Å². The highest BCUT2D eigenvalue weighted by atomic mass is 35.5. The zero-order valence-electron chi connectivity index (χ0n) is 9.59. The Hall–Kier alpha value is -2.12. The molecule has 4 N–H and O–H groups in total. The SMILES string of the molecule is NC(Cc1c[nH]c2ccc(Cl)c([N+](=O)[O-])c12)C(=O)O. The van der Waals surface area contributed by atoms with Crippen molar-refractivity contribution in [3.63, 3.8) is 0 Å². The van der Waals surface area contributed by atoms with E-state index in [2.05, 4.69) is 4.98 Å². The first-order chi connectivity index (χ1) is 8.91. The number of halogens is 1. The first-order valence-corrected chi connectivity index (χ1v) is 5.71. The van der Waals surface area contributed by atoms with Gasteiger partial charge in [0.2, 0.25) is 0 Å². The monoisotopic (exact) mass is 283 g/mol. The minimum atomic E-state index is -1.17. The molecule has 1 aromatic heterocycles. The Kier molecular flexibility index (Phi) is 3.41. The lowest BCUT2D eigenvalue weighted by Gasteiger charge is -2.05. The van der Waals surface area contributed by atoms with Crippen LogP contribution in [0, 0.1) is 10.1 Å². The molecule has 1 atom stereocenters. The quantitative estimate of drug-likeness (QED) is 0.582. The number of rotatable bonds is 4. The molecule has 0 saturated heterocycles. The van der Waals surface area contributed by atoms with Crippen molar-refractivity contribution in [2.75, 3.05) is 0 Å². The van der Waals surface area contributed by atoms with Gasteiger partial charge in [-0.05, 0) is 17.7 Å². The number of carboxylic acid groups (broad SMARTS) is 1. The Morgan fingerprint density at radius 2 is 2.26 bits per heavy atom. The molecule has 8 heteroatoms. The summed E-state index contributed by atoms with van der Waals surface area (Å²) in [6.45, 7) is 0. The van der Waals surface area contributed by atoms with E-state index in [1.807, 2.05) is 0 Å². The summed E-state index contributed by atoms with van der Waals surface area (Å²) in [5.74, 6) is -1.17. The molecule has 0 aliphatic heterocycles. The molecule has 0 amide bonds. The second-order valence-electron chi connectivity index (χ2n) is 4.04. The average molecular weight is 284 g/mol. The number of carboxylic acids is 1. The van der Waals surface area contributed by atoms with E-state index in [-0.39, 0.29) is 17.1 Å². The fourth-order valence-corrected chi connectivity index (χ4v) is 2.14. The lowest BCUT2D eigenvalue weighted by molar-refractivity contribution is -0.382. The molecule has 1 unspecified atom stereocenters. The van der Waals surface area contributed by atoms with Gasteiger partial charge in [-0.2, -0.15) is 0 Å². The van der Waals surface area contributed by atoms with Crippen LogP contribution >= 0.6 is 11.6 Å². The molecule has 2 aromatic rings. The highest BCUT2D eigenvalue weighted by molar-refractivity contribution is 6.34. The van der Waals surface area contributed by atoms with Crippen LogP contribution in [-0.2, 0) is 11.2 Å². The third-order valence-electron chi connectivity index (χ3n) is 2.79. The second-order valence-corrected chi connectivity index (χ2v) is 4.45. The smallest absolute Gasteiger partial charge is 0.320 e. The number of nitrogens with two attached hydrogens (primary N) is 1. The lowest BCUT2D eigenvalue weighted by atomic mass is 10.0.